The largest absolute Gasteiger partial charge is 0.491 e. The number of ether oxygens (including phenoxy) is 1. The molecule has 0 radical (unpaired) electrons. The van der Waals surface area contributed by atoms with E-state index in [0.717, 1.165) is 0 Å². The van der Waals surface area contributed by atoms with Gasteiger partial charge in [0.25, 0.3) is 0 Å². The highest BCUT2D eigenvalue weighted by atomic mass is 31.2. The molecule has 0 aliphatic heterocycles. The molecular formula is C10H15O5P. The monoisotopic (exact) mass is 246 g/mol. The molecule has 0 fully saturated rings. The van der Waals surface area contributed by atoms with Crippen molar-refractivity contribution >= 4 is 7.82 Å². The summed E-state index contributed by atoms with van der Waals surface area (Å²) in [5.74, 6) is 0.648. The predicted octanol–water partition coefficient (Wildman–Crippen LogP) is 1.95. The van der Waals surface area contributed by atoms with Gasteiger partial charge in [-0.25, -0.2) is 4.57 Å². The molecule has 6 heteroatoms. The molecule has 1 aromatic rings. The lowest BCUT2D eigenvalue weighted by Crippen LogP contribution is -2.19. The Hall–Kier alpha value is -0.870. The minimum atomic E-state index is -4.44. The number of hydrogen-bond acceptors (Lipinski definition) is 3. The summed E-state index contributed by atoms with van der Waals surface area (Å²) in [6.45, 7) is 1.89. The average Bonchev–Trinajstić information content (AvgIpc) is 2.24. The van der Waals surface area contributed by atoms with Gasteiger partial charge in [0.1, 0.15) is 18.5 Å². The second-order valence-electron chi connectivity index (χ2n) is 3.25. The van der Waals surface area contributed by atoms with Crippen molar-refractivity contribution in [2.24, 2.45) is 0 Å². The molecule has 1 rings (SSSR count). The van der Waals surface area contributed by atoms with Crippen LogP contribution >= 0.6 is 7.82 Å². The van der Waals surface area contributed by atoms with Gasteiger partial charge < -0.3 is 14.5 Å². The quantitative estimate of drug-likeness (QED) is 0.750. The van der Waals surface area contributed by atoms with E-state index in [9.17, 15) is 4.57 Å². The van der Waals surface area contributed by atoms with E-state index >= 15 is 0 Å². The van der Waals surface area contributed by atoms with Gasteiger partial charge in [-0.05, 0) is 18.6 Å². The van der Waals surface area contributed by atoms with Crippen LogP contribution in [0.1, 0.15) is 13.3 Å². The van der Waals surface area contributed by atoms with Gasteiger partial charge in [-0.15, -0.1) is 0 Å². The maximum absolute atomic E-state index is 10.6. The summed E-state index contributed by atoms with van der Waals surface area (Å²) in [6, 6.07) is 9.03. The summed E-state index contributed by atoms with van der Waals surface area (Å²) in [5.41, 5.74) is 0. The SMILES string of the molecule is CCC(COc1ccccc1)OP(=O)(O)O. The Morgan fingerprint density at radius 2 is 1.94 bits per heavy atom. The Balaban J connectivity index is 2.43. The van der Waals surface area contributed by atoms with Gasteiger partial charge in [-0.3, -0.25) is 4.52 Å². The summed E-state index contributed by atoms with van der Waals surface area (Å²) in [7, 11) is -4.44. The van der Waals surface area contributed by atoms with Crippen LogP contribution < -0.4 is 4.74 Å². The van der Waals surface area contributed by atoms with E-state index in [1.54, 1.807) is 19.1 Å². The number of benzene rings is 1. The van der Waals surface area contributed by atoms with Crippen LogP contribution in [-0.4, -0.2) is 22.5 Å². The summed E-state index contributed by atoms with van der Waals surface area (Å²) in [5, 5.41) is 0. The highest BCUT2D eigenvalue weighted by molar-refractivity contribution is 7.46. The molecule has 0 amide bonds. The fraction of sp³-hybridized carbons (Fsp3) is 0.400. The Kier molecular flexibility index (Phi) is 4.96. The van der Waals surface area contributed by atoms with Gasteiger partial charge in [-0.1, -0.05) is 25.1 Å². The minimum absolute atomic E-state index is 0.117. The predicted molar refractivity (Wildman–Crippen MR) is 59.1 cm³/mol. The summed E-state index contributed by atoms with van der Waals surface area (Å²) in [6.07, 6.45) is -0.140. The molecule has 1 aromatic carbocycles. The Morgan fingerprint density at radius 1 is 1.31 bits per heavy atom. The third-order valence-electron chi connectivity index (χ3n) is 1.92. The van der Waals surface area contributed by atoms with Crippen LogP contribution in [0.4, 0.5) is 0 Å². The Bertz CT molecular complexity index is 347. The highest BCUT2D eigenvalue weighted by Crippen LogP contribution is 2.38. The normalized spacial score (nSPS) is 13.4. The molecule has 0 saturated carbocycles. The minimum Gasteiger partial charge on any atom is -0.491 e. The van der Waals surface area contributed by atoms with Crippen LogP contribution in [-0.2, 0) is 9.09 Å². The van der Waals surface area contributed by atoms with Crippen molar-refractivity contribution in [2.75, 3.05) is 6.61 Å². The number of rotatable bonds is 6. The molecule has 0 heterocycles. The van der Waals surface area contributed by atoms with Crippen molar-refractivity contribution < 1.29 is 23.6 Å². The average molecular weight is 246 g/mol. The summed E-state index contributed by atoms with van der Waals surface area (Å²) >= 11 is 0. The fourth-order valence-corrected chi connectivity index (χ4v) is 1.72. The molecule has 0 bridgehead atoms. The number of hydrogen-bond donors (Lipinski definition) is 2. The lowest BCUT2D eigenvalue weighted by molar-refractivity contribution is 0.0870. The molecule has 0 aromatic heterocycles. The van der Waals surface area contributed by atoms with E-state index in [-0.39, 0.29) is 6.61 Å². The van der Waals surface area contributed by atoms with Crippen molar-refractivity contribution in [3.63, 3.8) is 0 Å². The smallest absolute Gasteiger partial charge is 0.469 e. The van der Waals surface area contributed by atoms with E-state index < -0.39 is 13.9 Å². The van der Waals surface area contributed by atoms with Crippen LogP contribution in [0.2, 0.25) is 0 Å². The summed E-state index contributed by atoms with van der Waals surface area (Å²) in [4.78, 5) is 17.3. The number of phosphoric ester groups is 1. The van der Waals surface area contributed by atoms with E-state index in [1.807, 2.05) is 18.2 Å². The summed E-state index contributed by atoms with van der Waals surface area (Å²) < 4.78 is 20.5. The molecule has 16 heavy (non-hydrogen) atoms. The third-order valence-corrected chi connectivity index (χ3v) is 2.49. The molecule has 2 N–H and O–H groups in total. The molecule has 0 saturated heterocycles. The van der Waals surface area contributed by atoms with E-state index in [1.165, 1.54) is 0 Å². The maximum atomic E-state index is 10.6. The zero-order valence-corrected chi connectivity index (χ0v) is 9.84. The molecule has 1 atom stereocenters. The molecule has 90 valence electrons. The zero-order chi connectivity index (χ0) is 12.0. The second kappa shape index (κ2) is 6.01. The Morgan fingerprint density at radius 3 is 2.44 bits per heavy atom. The number of phosphoric acid groups is 1. The first-order valence-corrected chi connectivity index (χ1v) is 6.46. The van der Waals surface area contributed by atoms with Crippen LogP contribution in [0.15, 0.2) is 30.3 Å². The highest BCUT2D eigenvalue weighted by Gasteiger charge is 2.21. The lowest BCUT2D eigenvalue weighted by atomic mass is 10.3. The van der Waals surface area contributed by atoms with Gasteiger partial charge in [0, 0.05) is 0 Å². The van der Waals surface area contributed by atoms with Crippen LogP contribution in [0.3, 0.4) is 0 Å². The maximum Gasteiger partial charge on any atom is 0.469 e. The molecule has 1 unspecified atom stereocenters. The standard InChI is InChI=1S/C10H15O5P/c1-2-9(15-16(11,12)13)8-14-10-6-4-3-5-7-10/h3-7,9H,2,8H2,1H3,(H2,11,12,13). The van der Waals surface area contributed by atoms with E-state index in [2.05, 4.69) is 4.52 Å². The van der Waals surface area contributed by atoms with Crippen molar-refractivity contribution in [3.8, 4) is 5.75 Å². The molecule has 0 aliphatic carbocycles. The first-order chi connectivity index (χ1) is 7.51. The van der Waals surface area contributed by atoms with E-state index in [0.29, 0.717) is 12.2 Å². The lowest BCUT2D eigenvalue weighted by Gasteiger charge is -2.17. The van der Waals surface area contributed by atoms with Gasteiger partial charge >= 0.3 is 7.82 Å². The molecule has 5 nitrogen and oxygen atoms in total. The van der Waals surface area contributed by atoms with Gasteiger partial charge in [0.05, 0.1) is 0 Å². The zero-order valence-electron chi connectivity index (χ0n) is 8.94. The van der Waals surface area contributed by atoms with Crippen molar-refractivity contribution in [1.29, 1.82) is 0 Å². The second-order valence-corrected chi connectivity index (χ2v) is 4.44. The first kappa shape index (κ1) is 13.2. The Labute approximate surface area is 94.3 Å². The van der Waals surface area contributed by atoms with Gasteiger partial charge in [0.15, 0.2) is 0 Å². The fourth-order valence-electron chi connectivity index (χ4n) is 1.12. The van der Waals surface area contributed by atoms with Crippen molar-refractivity contribution in [3.05, 3.63) is 30.3 Å². The molecule has 0 spiro atoms. The van der Waals surface area contributed by atoms with Gasteiger partial charge in [-0.2, -0.15) is 0 Å². The third kappa shape index (κ3) is 5.28. The van der Waals surface area contributed by atoms with E-state index in [4.69, 9.17) is 14.5 Å². The number of para-hydroxylation sites is 1. The molecule has 0 aliphatic rings. The first-order valence-electron chi connectivity index (χ1n) is 4.93. The van der Waals surface area contributed by atoms with Crippen molar-refractivity contribution in [2.45, 2.75) is 19.4 Å². The van der Waals surface area contributed by atoms with Gasteiger partial charge in [0.2, 0.25) is 0 Å². The topological polar surface area (TPSA) is 76.0 Å². The van der Waals surface area contributed by atoms with Crippen LogP contribution in [0.25, 0.3) is 0 Å². The van der Waals surface area contributed by atoms with Crippen LogP contribution in [0.5, 0.6) is 5.75 Å². The van der Waals surface area contributed by atoms with Crippen LogP contribution in [0, 0.1) is 0 Å². The molecular weight excluding hydrogens is 231 g/mol. The van der Waals surface area contributed by atoms with Crippen molar-refractivity contribution in [1.82, 2.24) is 0 Å².